The second-order valence-electron chi connectivity index (χ2n) is 3.86. The van der Waals surface area contributed by atoms with Gasteiger partial charge in [-0.2, -0.15) is 0 Å². The summed E-state index contributed by atoms with van der Waals surface area (Å²) in [6.07, 6.45) is 0.0598. The number of carbonyl (C=O) groups is 2. The van der Waals surface area contributed by atoms with Crippen LogP contribution in [0.5, 0.6) is 17.2 Å². The average Bonchev–Trinajstić information content (AvgIpc) is 2.45. The molecule has 3 amide bonds. The third-order valence-corrected chi connectivity index (χ3v) is 2.69. The number of benzene rings is 1. The molecular weight excluding hydrogens is 300 g/mol. The number of urea groups is 1. The molecule has 8 heteroatoms. The molecule has 7 nitrogen and oxygen atoms in total. The van der Waals surface area contributed by atoms with Crippen LogP contribution >= 0.6 is 11.6 Å². The van der Waals surface area contributed by atoms with Gasteiger partial charge < -0.3 is 19.5 Å². The minimum absolute atomic E-state index is 0.0598. The fourth-order valence-corrected chi connectivity index (χ4v) is 1.76. The third kappa shape index (κ3) is 4.71. The fraction of sp³-hybridized carbons (Fsp3) is 0.385. The molecule has 0 aromatic heterocycles. The van der Waals surface area contributed by atoms with Gasteiger partial charge in [0.2, 0.25) is 11.7 Å². The minimum atomic E-state index is -0.667. The standard InChI is InChI=1S/C13H17ClN2O5/c1-19-9-6-8(7-10(20-2)12(9)21-3)15-13(18)16-11(17)4-5-14/h6-7H,4-5H2,1-3H3,(H2,15,16,17,18). The van der Waals surface area contributed by atoms with Gasteiger partial charge in [-0.05, 0) is 0 Å². The van der Waals surface area contributed by atoms with Crippen LogP contribution in [0.3, 0.4) is 0 Å². The Bertz CT molecular complexity index is 496. The van der Waals surface area contributed by atoms with Gasteiger partial charge in [0.05, 0.1) is 27.0 Å². The van der Waals surface area contributed by atoms with Gasteiger partial charge in [-0.25, -0.2) is 4.79 Å². The highest BCUT2D eigenvalue weighted by Gasteiger charge is 2.15. The summed E-state index contributed by atoms with van der Waals surface area (Å²) in [4.78, 5) is 22.9. The summed E-state index contributed by atoms with van der Waals surface area (Å²) in [6.45, 7) is 0. The molecule has 0 radical (unpaired) electrons. The van der Waals surface area contributed by atoms with E-state index in [1.54, 1.807) is 12.1 Å². The van der Waals surface area contributed by atoms with Crippen molar-refractivity contribution in [2.24, 2.45) is 0 Å². The van der Waals surface area contributed by atoms with Crippen LogP contribution in [0.15, 0.2) is 12.1 Å². The summed E-state index contributed by atoms with van der Waals surface area (Å²) < 4.78 is 15.5. The van der Waals surface area contributed by atoms with Crippen molar-refractivity contribution in [1.29, 1.82) is 0 Å². The Morgan fingerprint density at radius 2 is 1.67 bits per heavy atom. The third-order valence-electron chi connectivity index (χ3n) is 2.50. The Balaban J connectivity index is 2.88. The maximum atomic E-state index is 11.7. The van der Waals surface area contributed by atoms with Crippen molar-refractivity contribution in [2.75, 3.05) is 32.5 Å². The minimum Gasteiger partial charge on any atom is -0.493 e. The van der Waals surface area contributed by atoms with Gasteiger partial charge in [-0.1, -0.05) is 0 Å². The van der Waals surface area contributed by atoms with Crippen molar-refractivity contribution < 1.29 is 23.8 Å². The van der Waals surface area contributed by atoms with E-state index in [1.807, 2.05) is 0 Å². The van der Waals surface area contributed by atoms with Gasteiger partial charge in [0.15, 0.2) is 11.5 Å². The zero-order valence-corrected chi connectivity index (χ0v) is 12.7. The Hall–Kier alpha value is -2.15. The summed E-state index contributed by atoms with van der Waals surface area (Å²) in [7, 11) is 4.40. The molecule has 1 rings (SSSR count). The van der Waals surface area contributed by atoms with E-state index in [1.165, 1.54) is 21.3 Å². The van der Waals surface area contributed by atoms with Crippen LogP contribution in [0.4, 0.5) is 10.5 Å². The Kier molecular flexibility index (Phi) is 6.61. The van der Waals surface area contributed by atoms with Crippen molar-refractivity contribution in [3.05, 3.63) is 12.1 Å². The van der Waals surface area contributed by atoms with Gasteiger partial charge >= 0.3 is 6.03 Å². The number of ether oxygens (including phenoxy) is 3. The van der Waals surface area contributed by atoms with Crippen molar-refractivity contribution in [2.45, 2.75) is 6.42 Å². The van der Waals surface area contributed by atoms with Gasteiger partial charge in [0.1, 0.15) is 0 Å². The van der Waals surface area contributed by atoms with Crippen molar-refractivity contribution >= 4 is 29.2 Å². The molecule has 0 unspecified atom stereocenters. The first-order valence-corrected chi connectivity index (χ1v) is 6.56. The highest BCUT2D eigenvalue weighted by Crippen LogP contribution is 2.39. The maximum Gasteiger partial charge on any atom is 0.325 e. The molecule has 0 heterocycles. The van der Waals surface area contributed by atoms with Gasteiger partial charge in [0, 0.05) is 24.4 Å². The zero-order valence-electron chi connectivity index (χ0n) is 12.0. The van der Waals surface area contributed by atoms with E-state index in [4.69, 9.17) is 25.8 Å². The molecule has 0 bridgehead atoms. The molecule has 1 aromatic rings. The average molecular weight is 317 g/mol. The monoisotopic (exact) mass is 316 g/mol. The molecule has 2 N–H and O–H groups in total. The molecular formula is C13H17ClN2O5. The van der Waals surface area contributed by atoms with Crippen molar-refractivity contribution in [3.8, 4) is 17.2 Å². The molecule has 0 saturated carbocycles. The number of nitrogens with one attached hydrogen (secondary N) is 2. The first kappa shape index (κ1) is 16.9. The van der Waals surface area contributed by atoms with E-state index in [9.17, 15) is 9.59 Å². The van der Waals surface area contributed by atoms with Crippen molar-refractivity contribution in [1.82, 2.24) is 5.32 Å². The number of halogens is 1. The molecule has 0 saturated heterocycles. The lowest BCUT2D eigenvalue weighted by Gasteiger charge is -2.14. The molecule has 0 aliphatic carbocycles. The number of rotatable bonds is 6. The van der Waals surface area contributed by atoms with Crippen LogP contribution in [0, 0.1) is 0 Å². The van der Waals surface area contributed by atoms with E-state index in [-0.39, 0.29) is 12.3 Å². The lowest BCUT2D eigenvalue weighted by atomic mass is 10.2. The molecule has 0 aliphatic heterocycles. The SMILES string of the molecule is COc1cc(NC(=O)NC(=O)CCCl)cc(OC)c1OC. The lowest BCUT2D eigenvalue weighted by Crippen LogP contribution is -2.34. The topological polar surface area (TPSA) is 85.9 Å². The zero-order chi connectivity index (χ0) is 15.8. The van der Waals surface area contributed by atoms with Gasteiger partial charge in [0.25, 0.3) is 0 Å². The van der Waals surface area contributed by atoms with Crippen LogP contribution < -0.4 is 24.8 Å². The van der Waals surface area contributed by atoms with Gasteiger partial charge in [-0.15, -0.1) is 11.6 Å². The maximum absolute atomic E-state index is 11.7. The van der Waals surface area contributed by atoms with Crippen molar-refractivity contribution in [3.63, 3.8) is 0 Å². The number of methoxy groups -OCH3 is 3. The van der Waals surface area contributed by atoms with E-state index in [0.29, 0.717) is 22.9 Å². The quantitative estimate of drug-likeness (QED) is 0.784. The molecule has 0 atom stereocenters. The number of hydrogen-bond acceptors (Lipinski definition) is 5. The number of amides is 3. The highest BCUT2D eigenvalue weighted by atomic mass is 35.5. The predicted molar refractivity (Wildman–Crippen MR) is 78.6 cm³/mol. The summed E-state index contributed by atoms with van der Waals surface area (Å²) in [5, 5.41) is 4.65. The van der Waals surface area contributed by atoms with E-state index in [2.05, 4.69) is 10.6 Å². The molecule has 0 aliphatic rings. The molecule has 116 valence electrons. The summed E-state index contributed by atoms with van der Waals surface area (Å²) in [6, 6.07) is 2.43. The van der Waals surface area contributed by atoms with Crippen LogP contribution in [-0.2, 0) is 4.79 Å². The van der Waals surface area contributed by atoms with Crippen LogP contribution in [0.2, 0.25) is 0 Å². The molecule has 0 spiro atoms. The lowest BCUT2D eigenvalue weighted by molar-refractivity contribution is -0.119. The molecule has 0 fully saturated rings. The number of carbonyl (C=O) groups excluding carboxylic acids is 2. The Morgan fingerprint density at radius 1 is 1.10 bits per heavy atom. The number of hydrogen-bond donors (Lipinski definition) is 2. The van der Waals surface area contributed by atoms with E-state index < -0.39 is 11.9 Å². The van der Waals surface area contributed by atoms with E-state index in [0.717, 1.165) is 0 Å². The van der Waals surface area contributed by atoms with E-state index >= 15 is 0 Å². The van der Waals surface area contributed by atoms with Crippen LogP contribution in [-0.4, -0.2) is 39.1 Å². The molecule has 1 aromatic carbocycles. The van der Waals surface area contributed by atoms with Gasteiger partial charge in [-0.3, -0.25) is 10.1 Å². The summed E-state index contributed by atoms with van der Waals surface area (Å²) in [5.41, 5.74) is 0.390. The predicted octanol–water partition coefficient (Wildman–Crippen LogP) is 1.99. The Morgan fingerprint density at radius 3 is 2.10 bits per heavy atom. The second kappa shape index (κ2) is 8.21. The van der Waals surface area contributed by atoms with Crippen LogP contribution in [0.1, 0.15) is 6.42 Å². The largest absolute Gasteiger partial charge is 0.493 e. The smallest absolute Gasteiger partial charge is 0.325 e. The van der Waals surface area contributed by atoms with Crippen LogP contribution in [0.25, 0.3) is 0 Å². The second-order valence-corrected chi connectivity index (χ2v) is 4.23. The molecule has 21 heavy (non-hydrogen) atoms. The summed E-state index contributed by atoms with van der Waals surface area (Å²) >= 11 is 5.41. The fourth-order valence-electron chi connectivity index (χ4n) is 1.59. The first-order valence-electron chi connectivity index (χ1n) is 6.02. The first-order chi connectivity index (χ1) is 10.0. The summed E-state index contributed by atoms with van der Waals surface area (Å²) in [5.74, 6) is 0.862. The number of anilines is 1. The highest BCUT2D eigenvalue weighted by molar-refractivity contribution is 6.19. The number of alkyl halides is 1. The Labute approximate surface area is 127 Å². The normalized spacial score (nSPS) is 9.71. The number of imide groups is 1.